The predicted molar refractivity (Wildman–Crippen MR) is 104 cm³/mol. The molecule has 0 unspecified atom stereocenters. The standard InChI is InChI=1S/C18H20N4OS2/c1-10-3-4-12-13(7-10)25-17-15(12)16(19)20-18(21-17)24-9-11-5-6-22(2)14(23)8-11/h5-6,8,10H,3-4,7,9H2,1-2H3,(H2,19,20,21)/t10-/m1/s1. The van der Waals surface area contributed by atoms with Crippen LogP contribution in [0, 0.1) is 5.92 Å². The summed E-state index contributed by atoms with van der Waals surface area (Å²) in [6.45, 7) is 2.30. The SMILES string of the molecule is C[C@@H]1CCc2c(sc3nc(SCc4ccn(C)c(=O)c4)nc(N)c23)C1. The van der Waals surface area contributed by atoms with Crippen molar-refractivity contribution in [3.63, 3.8) is 0 Å². The highest BCUT2D eigenvalue weighted by Gasteiger charge is 2.23. The lowest BCUT2D eigenvalue weighted by Gasteiger charge is -2.17. The predicted octanol–water partition coefficient (Wildman–Crippen LogP) is 3.39. The zero-order chi connectivity index (χ0) is 17.6. The van der Waals surface area contributed by atoms with Crippen molar-refractivity contribution in [2.24, 2.45) is 13.0 Å². The van der Waals surface area contributed by atoms with Gasteiger partial charge in [-0.3, -0.25) is 4.79 Å². The molecule has 0 amide bonds. The number of hydrogen-bond donors (Lipinski definition) is 1. The minimum absolute atomic E-state index is 0.00552. The van der Waals surface area contributed by atoms with E-state index in [0.717, 1.165) is 34.5 Å². The van der Waals surface area contributed by atoms with E-state index in [4.69, 9.17) is 10.7 Å². The highest BCUT2D eigenvalue weighted by Crippen LogP contribution is 2.40. The van der Waals surface area contributed by atoms with Crippen molar-refractivity contribution in [2.45, 2.75) is 37.1 Å². The first-order valence-electron chi connectivity index (χ1n) is 8.37. The molecule has 130 valence electrons. The van der Waals surface area contributed by atoms with Crippen LogP contribution >= 0.6 is 23.1 Å². The smallest absolute Gasteiger partial charge is 0.250 e. The summed E-state index contributed by atoms with van der Waals surface area (Å²) in [5, 5.41) is 1.74. The maximum absolute atomic E-state index is 11.7. The topological polar surface area (TPSA) is 73.8 Å². The maximum Gasteiger partial charge on any atom is 0.250 e. The Bertz CT molecular complexity index is 1010. The molecule has 7 heteroatoms. The molecule has 4 rings (SSSR count). The molecule has 0 spiro atoms. The normalized spacial score (nSPS) is 17.0. The van der Waals surface area contributed by atoms with Crippen LogP contribution in [-0.2, 0) is 25.6 Å². The first-order valence-corrected chi connectivity index (χ1v) is 10.2. The molecule has 0 fully saturated rings. The molecular weight excluding hydrogens is 352 g/mol. The van der Waals surface area contributed by atoms with Gasteiger partial charge >= 0.3 is 0 Å². The van der Waals surface area contributed by atoms with E-state index in [1.807, 2.05) is 6.07 Å². The minimum Gasteiger partial charge on any atom is -0.383 e. The van der Waals surface area contributed by atoms with Gasteiger partial charge in [-0.1, -0.05) is 18.7 Å². The Balaban J connectivity index is 1.62. The summed E-state index contributed by atoms with van der Waals surface area (Å²) >= 11 is 3.28. The monoisotopic (exact) mass is 372 g/mol. The Morgan fingerprint density at radius 1 is 1.44 bits per heavy atom. The largest absolute Gasteiger partial charge is 0.383 e. The molecule has 1 atom stereocenters. The van der Waals surface area contributed by atoms with Crippen molar-refractivity contribution < 1.29 is 0 Å². The molecular formula is C18H20N4OS2. The van der Waals surface area contributed by atoms with E-state index in [1.165, 1.54) is 28.6 Å². The van der Waals surface area contributed by atoms with Gasteiger partial charge in [-0.25, -0.2) is 9.97 Å². The fraction of sp³-hybridized carbons (Fsp3) is 0.389. The molecule has 1 aliphatic carbocycles. The maximum atomic E-state index is 11.7. The van der Waals surface area contributed by atoms with Gasteiger partial charge in [-0.2, -0.15) is 0 Å². The van der Waals surface area contributed by atoms with Crippen LogP contribution in [0.25, 0.3) is 10.2 Å². The number of nitrogens with two attached hydrogens (primary N) is 1. The van der Waals surface area contributed by atoms with E-state index in [2.05, 4.69) is 11.9 Å². The highest BCUT2D eigenvalue weighted by atomic mass is 32.2. The first-order chi connectivity index (χ1) is 12.0. The van der Waals surface area contributed by atoms with Gasteiger partial charge in [0.2, 0.25) is 0 Å². The van der Waals surface area contributed by atoms with Crippen molar-refractivity contribution in [3.05, 3.63) is 44.7 Å². The van der Waals surface area contributed by atoms with Crippen molar-refractivity contribution in [2.75, 3.05) is 5.73 Å². The zero-order valence-electron chi connectivity index (χ0n) is 14.3. The number of thiophene rings is 1. The average molecular weight is 373 g/mol. The van der Waals surface area contributed by atoms with Gasteiger partial charge in [0.25, 0.3) is 5.56 Å². The van der Waals surface area contributed by atoms with Gasteiger partial charge in [0.1, 0.15) is 10.6 Å². The number of hydrogen-bond acceptors (Lipinski definition) is 6. The molecule has 25 heavy (non-hydrogen) atoms. The number of anilines is 1. The molecule has 3 heterocycles. The van der Waals surface area contributed by atoms with Gasteiger partial charge < -0.3 is 10.3 Å². The Kier molecular flexibility index (Phi) is 4.29. The van der Waals surface area contributed by atoms with Crippen LogP contribution in [-0.4, -0.2) is 14.5 Å². The Morgan fingerprint density at radius 2 is 2.28 bits per heavy atom. The quantitative estimate of drug-likeness (QED) is 0.563. The van der Waals surface area contributed by atoms with Crippen molar-refractivity contribution in [1.29, 1.82) is 0 Å². The highest BCUT2D eigenvalue weighted by molar-refractivity contribution is 7.98. The molecule has 0 bridgehead atoms. The number of fused-ring (bicyclic) bond motifs is 3. The number of pyridine rings is 1. The third-order valence-electron chi connectivity index (χ3n) is 4.70. The molecule has 2 N–H and O–H groups in total. The van der Waals surface area contributed by atoms with E-state index < -0.39 is 0 Å². The summed E-state index contributed by atoms with van der Waals surface area (Å²) in [6, 6.07) is 3.60. The van der Waals surface area contributed by atoms with Gasteiger partial charge in [0.15, 0.2) is 5.16 Å². The summed E-state index contributed by atoms with van der Waals surface area (Å²) in [6.07, 6.45) is 5.18. The number of thioether (sulfide) groups is 1. The fourth-order valence-corrected chi connectivity index (χ4v) is 5.48. The van der Waals surface area contributed by atoms with E-state index in [0.29, 0.717) is 16.7 Å². The molecule has 0 saturated carbocycles. The number of nitrogens with zero attached hydrogens (tertiary/aromatic N) is 3. The molecule has 0 saturated heterocycles. The summed E-state index contributed by atoms with van der Waals surface area (Å²) in [5.41, 5.74) is 8.58. The summed E-state index contributed by atoms with van der Waals surface area (Å²) in [7, 11) is 1.75. The number of aromatic nitrogens is 3. The van der Waals surface area contributed by atoms with Crippen molar-refractivity contribution in [3.8, 4) is 0 Å². The summed E-state index contributed by atoms with van der Waals surface area (Å²) < 4.78 is 1.56. The lowest BCUT2D eigenvalue weighted by Crippen LogP contribution is -2.14. The van der Waals surface area contributed by atoms with Crippen LogP contribution in [0.3, 0.4) is 0 Å². The molecule has 5 nitrogen and oxygen atoms in total. The molecule has 3 aromatic heterocycles. The molecule has 3 aromatic rings. The zero-order valence-corrected chi connectivity index (χ0v) is 15.9. The van der Waals surface area contributed by atoms with Gasteiger partial charge in [0, 0.05) is 29.9 Å². The minimum atomic E-state index is -0.00552. The molecule has 1 aliphatic rings. The number of aryl methyl sites for hydroxylation is 2. The van der Waals surface area contributed by atoms with Crippen LogP contribution in [0.1, 0.15) is 29.3 Å². The first kappa shape index (κ1) is 16.6. The second-order valence-electron chi connectivity index (χ2n) is 6.70. The van der Waals surface area contributed by atoms with Gasteiger partial charge in [-0.15, -0.1) is 11.3 Å². The van der Waals surface area contributed by atoms with Crippen molar-refractivity contribution >= 4 is 39.1 Å². The lowest BCUT2D eigenvalue weighted by atomic mass is 9.89. The lowest BCUT2D eigenvalue weighted by molar-refractivity contribution is 0.509. The number of nitrogen functional groups attached to an aromatic ring is 1. The summed E-state index contributed by atoms with van der Waals surface area (Å²) in [4.78, 5) is 23.4. The van der Waals surface area contributed by atoms with Crippen LogP contribution in [0.5, 0.6) is 0 Å². The fourth-order valence-electron chi connectivity index (χ4n) is 3.24. The third kappa shape index (κ3) is 3.18. The van der Waals surface area contributed by atoms with E-state index in [1.54, 1.807) is 35.2 Å². The second-order valence-corrected chi connectivity index (χ2v) is 8.72. The van der Waals surface area contributed by atoms with E-state index >= 15 is 0 Å². The number of rotatable bonds is 3. The molecule has 0 aliphatic heterocycles. The van der Waals surface area contributed by atoms with Crippen LogP contribution in [0.4, 0.5) is 5.82 Å². The van der Waals surface area contributed by atoms with E-state index in [9.17, 15) is 4.79 Å². The van der Waals surface area contributed by atoms with Crippen molar-refractivity contribution in [1.82, 2.24) is 14.5 Å². The summed E-state index contributed by atoms with van der Waals surface area (Å²) in [5.74, 6) is 1.97. The Hall–Kier alpha value is -1.86. The van der Waals surface area contributed by atoms with Gasteiger partial charge in [-0.05, 0) is 42.4 Å². The molecule has 0 aromatic carbocycles. The third-order valence-corrected chi connectivity index (χ3v) is 6.77. The average Bonchev–Trinajstić information content (AvgIpc) is 2.93. The second kappa shape index (κ2) is 6.46. The Labute approximate surface area is 154 Å². The molecule has 0 radical (unpaired) electrons. The van der Waals surface area contributed by atoms with Gasteiger partial charge in [0.05, 0.1) is 5.39 Å². The van der Waals surface area contributed by atoms with Crippen LogP contribution in [0.15, 0.2) is 28.3 Å². The van der Waals surface area contributed by atoms with E-state index in [-0.39, 0.29) is 5.56 Å². The van der Waals surface area contributed by atoms with Crippen LogP contribution < -0.4 is 11.3 Å². The Morgan fingerprint density at radius 3 is 3.08 bits per heavy atom. The van der Waals surface area contributed by atoms with Crippen LogP contribution in [0.2, 0.25) is 0 Å².